The summed E-state index contributed by atoms with van der Waals surface area (Å²) in [6.45, 7) is 3.83. The Hall–Kier alpha value is -1.91. The number of rotatable bonds is 4. The van der Waals surface area contributed by atoms with E-state index in [9.17, 15) is 4.79 Å². The van der Waals surface area contributed by atoms with Gasteiger partial charge in [0.2, 0.25) is 5.90 Å². The molecule has 5 nitrogen and oxygen atoms in total. The summed E-state index contributed by atoms with van der Waals surface area (Å²) in [7, 11) is 0. The van der Waals surface area contributed by atoms with Crippen molar-refractivity contribution in [2.75, 3.05) is 13.2 Å². The molecule has 0 aromatic carbocycles. The number of hydrogen-bond acceptors (Lipinski definition) is 4. The van der Waals surface area contributed by atoms with E-state index in [2.05, 4.69) is 6.58 Å². The minimum absolute atomic E-state index is 0.0314. The highest BCUT2D eigenvalue weighted by molar-refractivity contribution is 6.14. The lowest BCUT2D eigenvalue weighted by Crippen LogP contribution is -2.33. The molecule has 0 atom stereocenters. The molecular formula is C9H11N3O2. The molecular weight excluding hydrogens is 182 g/mol. The lowest BCUT2D eigenvalue weighted by molar-refractivity contribution is -0.122. The second kappa shape index (κ2) is 4.36. The summed E-state index contributed by atoms with van der Waals surface area (Å²) < 4.78 is 4.90. The Bertz CT molecular complexity index is 302. The second-order valence-corrected chi connectivity index (χ2v) is 2.63. The lowest BCUT2D eigenvalue weighted by Gasteiger charge is -2.15. The van der Waals surface area contributed by atoms with Crippen LogP contribution in [0.15, 0.2) is 24.8 Å². The predicted octanol–water partition coefficient (Wildman–Crippen LogP) is 0.542. The number of carbonyl (C=O) groups is 1. The molecule has 5 heteroatoms. The van der Waals surface area contributed by atoms with E-state index >= 15 is 0 Å². The summed E-state index contributed by atoms with van der Waals surface area (Å²) in [6, 6.07) is 0. The number of amidine groups is 1. The van der Waals surface area contributed by atoms with Crippen molar-refractivity contribution in [3.8, 4) is 0 Å². The summed E-state index contributed by atoms with van der Waals surface area (Å²) >= 11 is 0. The Balaban J connectivity index is 2.32. The van der Waals surface area contributed by atoms with Crippen LogP contribution in [0.4, 0.5) is 0 Å². The SMILES string of the molecule is C=CC(=N)OCCN1C(=N)C=CC1=O. The monoisotopic (exact) mass is 193 g/mol. The van der Waals surface area contributed by atoms with Crippen molar-refractivity contribution in [2.24, 2.45) is 0 Å². The maximum absolute atomic E-state index is 11.1. The van der Waals surface area contributed by atoms with E-state index in [1.165, 1.54) is 23.1 Å². The van der Waals surface area contributed by atoms with Crippen LogP contribution in [0.5, 0.6) is 0 Å². The molecule has 1 amide bonds. The highest BCUT2D eigenvalue weighted by Crippen LogP contribution is 2.02. The average Bonchev–Trinajstić information content (AvgIpc) is 2.48. The Labute approximate surface area is 81.7 Å². The van der Waals surface area contributed by atoms with Crippen LogP contribution < -0.4 is 0 Å². The van der Waals surface area contributed by atoms with Gasteiger partial charge < -0.3 is 4.74 Å². The van der Waals surface area contributed by atoms with Crippen molar-refractivity contribution in [3.63, 3.8) is 0 Å². The average molecular weight is 193 g/mol. The van der Waals surface area contributed by atoms with Gasteiger partial charge in [0, 0.05) is 6.08 Å². The third-order valence-electron chi connectivity index (χ3n) is 1.70. The fourth-order valence-electron chi connectivity index (χ4n) is 0.985. The van der Waals surface area contributed by atoms with Gasteiger partial charge in [-0.1, -0.05) is 6.58 Å². The summed E-state index contributed by atoms with van der Waals surface area (Å²) in [6.07, 6.45) is 4.04. The largest absolute Gasteiger partial charge is 0.476 e. The Morgan fingerprint density at radius 2 is 2.36 bits per heavy atom. The van der Waals surface area contributed by atoms with Gasteiger partial charge in [0.15, 0.2) is 0 Å². The van der Waals surface area contributed by atoms with Gasteiger partial charge in [-0.2, -0.15) is 0 Å². The van der Waals surface area contributed by atoms with Gasteiger partial charge in [-0.05, 0) is 12.2 Å². The zero-order valence-electron chi connectivity index (χ0n) is 7.62. The van der Waals surface area contributed by atoms with Crippen LogP contribution in [0.2, 0.25) is 0 Å². The fraction of sp³-hybridized carbons (Fsp3) is 0.222. The van der Waals surface area contributed by atoms with E-state index in [1.54, 1.807) is 0 Å². The lowest BCUT2D eigenvalue weighted by atomic mass is 10.5. The van der Waals surface area contributed by atoms with Gasteiger partial charge in [-0.15, -0.1) is 0 Å². The van der Waals surface area contributed by atoms with E-state index in [0.717, 1.165) is 0 Å². The van der Waals surface area contributed by atoms with Crippen LogP contribution in [-0.4, -0.2) is 35.7 Å². The molecule has 1 aliphatic rings. The molecule has 1 rings (SSSR count). The molecule has 0 saturated heterocycles. The number of nitrogens with zero attached hydrogens (tertiary/aromatic N) is 1. The fourth-order valence-corrected chi connectivity index (χ4v) is 0.985. The number of nitrogens with one attached hydrogen (secondary N) is 2. The molecule has 0 bridgehead atoms. The van der Waals surface area contributed by atoms with Gasteiger partial charge >= 0.3 is 0 Å². The van der Waals surface area contributed by atoms with Crippen molar-refractivity contribution in [2.45, 2.75) is 0 Å². The van der Waals surface area contributed by atoms with E-state index < -0.39 is 0 Å². The summed E-state index contributed by atoms with van der Waals surface area (Å²) in [5.74, 6) is -0.0939. The van der Waals surface area contributed by atoms with Gasteiger partial charge in [0.1, 0.15) is 12.4 Å². The number of hydrogen-bond donors (Lipinski definition) is 2. The minimum Gasteiger partial charge on any atom is -0.476 e. The number of ether oxygens (including phenoxy) is 1. The van der Waals surface area contributed by atoms with Crippen molar-refractivity contribution in [1.82, 2.24) is 4.90 Å². The second-order valence-electron chi connectivity index (χ2n) is 2.63. The van der Waals surface area contributed by atoms with Crippen molar-refractivity contribution in [1.29, 1.82) is 10.8 Å². The van der Waals surface area contributed by atoms with E-state index in [0.29, 0.717) is 0 Å². The van der Waals surface area contributed by atoms with E-state index in [1.807, 2.05) is 0 Å². The molecule has 14 heavy (non-hydrogen) atoms. The van der Waals surface area contributed by atoms with Crippen molar-refractivity contribution in [3.05, 3.63) is 24.8 Å². The van der Waals surface area contributed by atoms with Gasteiger partial charge in [-0.3, -0.25) is 20.5 Å². The van der Waals surface area contributed by atoms with Crippen LogP contribution >= 0.6 is 0 Å². The molecule has 0 spiro atoms. The first-order chi connectivity index (χ1) is 6.65. The molecule has 1 aliphatic heterocycles. The molecule has 0 aromatic heterocycles. The zero-order valence-corrected chi connectivity index (χ0v) is 7.62. The van der Waals surface area contributed by atoms with Crippen LogP contribution in [0.1, 0.15) is 0 Å². The smallest absolute Gasteiger partial charge is 0.252 e. The summed E-state index contributed by atoms with van der Waals surface area (Å²) in [4.78, 5) is 12.4. The zero-order chi connectivity index (χ0) is 10.6. The number of carbonyl (C=O) groups excluding carboxylic acids is 1. The standard InChI is InChI=1S/C9H11N3O2/c1-2-8(11)14-6-5-12-7(10)3-4-9(12)13/h2-4,10-11H,1,5-6H2. The first kappa shape index (κ1) is 10.2. The molecule has 0 saturated carbocycles. The van der Waals surface area contributed by atoms with E-state index in [4.69, 9.17) is 15.6 Å². The summed E-state index contributed by atoms with van der Waals surface area (Å²) in [5.41, 5.74) is 0. The summed E-state index contributed by atoms with van der Waals surface area (Å²) in [5, 5.41) is 14.5. The van der Waals surface area contributed by atoms with Gasteiger partial charge in [-0.25, -0.2) is 0 Å². The highest BCUT2D eigenvalue weighted by atomic mass is 16.5. The first-order valence-electron chi connectivity index (χ1n) is 4.07. The maximum Gasteiger partial charge on any atom is 0.252 e. The maximum atomic E-state index is 11.1. The minimum atomic E-state index is -0.219. The predicted molar refractivity (Wildman–Crippen MR) is 52.5 cm³/mol. The molecule has 0 radical (unpaired) electrons. The van der Waals surface area contributed by atoms with Crippen LogP contribution in [0.25, 0.3) is 0 Å². The van der Waals surface area contributed by atoms with Crippen LogP contribution in [0.3, 0.4) is 0 Å². The van der Waals surface area contributed by atoms with Gasteiger partial charge in [0.25, 0.3) is 5.91 Å². The molecule has 0 fully saturated rings. The normalized spacial score (nSPS) is 14.7. The topological polar surface area (TPSA) is 77.2 Å². The number of amides is 1. The van der Waals surface area contributed by atoms with E-state index in [-0.39, 0.29) is 30.8 Å². The van der Waals surface area contributed by atoms with Crippen LogP contribution in [-0.2, 0) is 9.53 Å². The molecule has 0 unspecified atom stereocenters. The third-order valence-corrected chi connectivity index (χ3v) is 1.70. The molecule has 1 heterocycles. The first-order valence-corrected chi connectivity index (χ1v) is 4.07. The van der Waals surface area contributed by atoms with Crippen LogP contribution in [0, 0.1) is 10.8 Å². The molecule has 2 N–H and O–H groups in total. The van der Waals surface area contributed by atoms with Crippen molar-refractivity contribution >= 4 is 17.6 Å². The Morgan fingerprint density at radius 3 is 2.86 bits per heavy atom. The third kappa shape index (κ3) is 2.29. The van der Waals surface area contributed by atoms with Gasteiger partial charge in [0.05, 0.1) is 6.54 Å². The molecule has 74 valence electrons. The van der Waals surface area contributed by atoms with Crippen molar-refractivity contribution < 1.29 is 9.53 Å². The Kier molecular flexibility index (Phi) is 3.17. The Morgan fingerprint density at radius 1 is 1.64 bits per heavy atom. The quantitative estimate of drug-likeness (QED) is 0.505. The molecule has 0 aromatic rings. The highest BCUT2D eigenvalue weighted by Gasteiger charge is 2.19. The molecule has 0 aliphatic carbocycles.